The maximum atomic E-state index is 12.6. The Morgan fingerprint density at radius 1 is 1.35 bits per heavy atom. The normalized spacial score (nSPS) is 14.0. The molecule has 2 heterocycles. The standard InChI is InChI=1S/C21H24FN7O2/c1-29(6-5-22)13-16(4-7-30)27-17-8-15(10-24-18(17)9-23)19-11-26-20(12-25-19)28-21(31)14-2-3-14/h7-8,10-12,14,16,27H,2-6,13H2,1H3,(H,26,28,31)/t16-/m0/s1. The first-order chi connectivity index (χ1) is 15.0. The lowest BCUT2D eigenvalue weighted by molar-refractivity contribution is -0.117. The molecule has 31 heavy (non-hydrogen) atoms. The van der Waals surface area contributed by atoms with Crippen LogP contribution in [0.15, 0.2) is 24.7 Å². The van der Waals surface area contributed by atoms with Gasteiger partial charge in [-0.1, -0.05) is 0 Å². The molecule has 0 aliphatic heterocycles. The second-order valence-electron chi connectivity index (χ2n) is 7.48. The van der Waals surface area contributed by atoms with E-state index in [0.717, 1.165) is 19.1 Å². The molecule has 0 unspecified atom stereocenters. The number of nitrogens with zero attached hydrogens (tertiary/aromatic N) is 5. The highest BCUT2D eigenvalue weighted by molar-refractivity contribution is 5.93. The Balaban J connectivity index is 1.76. The Hall–Kier alpha value is -3.45. The highest BCUT2D eigenvalue weighted by Gasteiger charge is 2.29. The van der Waals surface area contributed by atoms with Crippen LogP contribution in [0.3, 0.4) is 0 Å². The second kappa shape index (κ2) is 10.5. The lowest BCUT2D eigenvalue weighted by Crippen LogP contribution is -2.36. The van der Waals surface area contributed by atoms with Crippen LogP contribution in [0.2, 0.25) is 0 Å². The molecule has 1 aliphatic rings. The van der Waals surface area contributed by atoms with E-state index in [-0.39, 0.29) is 36.5 Å². The summed E-state index contributed by atoms with van der Waals surface area (Å²) in [5.74, 6) is 0.399. The molecule has 3 rings (SSSR count). The number of carbonyl (C=O) groups is 2. The van der Waals surface area contributed by atoms with Gasteiger partial charge in [-0.25, -0.2) is 14.4 Å². The van der Waals surface area contributed by atoms with E-state index < -0.39 is 6.67 Å². The summed E-state index contributed by atoms with van der Waals surface area (Å²) in [6.45, 7) is 0.188. The minimum Gasteiger partial charge on any atom is -0.378 e. The van der Waals surface area contributed by atoms with Gasteiger partial charge in [-0.2, -0.15) is 5.26 Å². The molecular weight excluding hydrogens is 401 g/mol. The van der Waals surface area contributed by atoms with Crippen LogP contribution in [0.4, 0.5) is 15.9 Å². The minimum absolute atomic E-state index is 0.0486. The van der Waals surface area contributed by atoms with Gasteiger partial charge in [0.2, 0.25) is 5.91 Å². The van der Waals surface area contributed by atoms with E-state index in [1.165, 1.54) is 18.6 Å². The van der Waals surface area contributed by atoms with Crippen molar-refractivity contribution in [3.05, 3.63) is 30.4 Å². The van der Waals surface area contributed by atoms with Gasteiger partial charge in [0.1, 0.15) is 19.0 Å². The molecule has 0 saturated heterocycles. The van der Waals surface area contributed by atoms with E-state index in [1.54, 1.807) is 18.0 Å². The molecule has 2 aromatic heterocycles. The molecule has 162 valence electrons. The molecule has 2 N–H and O–H groups in total. The summed E-state index contributed by atoms with van der Waals surface area (Å²) < 4.78 is 12.6. The van der Waals surface area contributed by atoms with Crippen LogP contribution in [-0.2, 0) is 9.59 Å². The molecule has 0 radical (unpaired) electrons. The summed E-state index contributed by atoms with van der Waals surface area (Å²) in [6.07, 6.45) is 7.29. The number of carbonyl (C=O) groups excluding carboxylic acids is 2. The number of anilines is 2. The van der Waals surface area contributed by atoms with Gasteiger partial charge in [0.15, 0.2) is 11.5 Å². The first-order valence-electron chi connectivity index (χ1n) is 10.0. The summed E-state index contributed by atoms with van der Waals surface area (Å²) in [5.41, 5.74) is 1.77. The summed E-state index contributed by atoms with van der Waals surface area (Å²) in [6, 6.07) is 3.43. The van der Waals surface area contributed by atoms with Crippen LogP contribution in [0, 0.1) is 17.2 Å². The largest absolute Gasteiger partial charge is 0.378 e. The molecule has 1 saturated carbocycles. The second-order valence-corrected chi connectivity index (χ2v) is 7.48. The average Bonchev–Trinajstić information content (AvgIpc) is 3.60. The van der Waals surface area contributed by atoms with Crippen molar-refractivity contribution in [2.45, 2.75) is 25.3 Å². The fourth-order valence-electron chi connectivity index (χ4n) is 3.05. The molecule has 0 spiro atoms. The zero-order valence-corrected chi connectivity index (χ0v) is 17.2. The first-order valence-corrected chi connectivity index (χ1v) is 10.0. The molecule has 1 amide bonds. The van der Waals surface area contributed by atoms with Crippen molar-refractivity contribution in [2.24, 2.45) is 5.92 Å². The quantitative estimate of drug-likeness (QED) is 0.524. The zero-order chi connectivity index (χ0) is 22.2. The number of hydrogen-bond acceptors (Lipinski definition) is 8. The highest BCUT2D eigenvalue weighted by Crippen LogP contribution is 2.30. The molecule has 1 fully saturated rings. The number of halogens is 1. The molecule has 1 atom stereocenters. The Morgan fingerprint density at radius 3 is 2.77 bits per heavy atom. The van der Waals surface area contributed by atoms with Crippen LogP contribution >= 0.6 is 0 Å². The zero-order valence-electron chi connectivity index (χ0n) is 17.2. The van der Waals surface area contributed by atoms with E-state index in [4.69, 9.17) is 0 Å². The maximum Gasteiger partial charge on any atom is 0.228 e. The Bertz CT molecular complexity index is 957. The molecule has 9 nitrogen and oxygen atoms in total. The van der Waals surface area contributed by atoms with Crippen molar-refractivity contribution in [2.75, 3.05) is 37.4 Å². The van der Waals surface area contributed by atoms with E-state index in [2.05, 4.69) is 25.6 Å². The smallest absolute Gasteiger partial charge is 0.228 e. The number of pyridine rings is 1. The van der Waals surface area contributed by atoms with Crippen LogP contribution in [0.25, 0.3) is 11.3 Å². The molecule has 0 bridgehead atoms. The Morgan fingerprint density at radius 2 is 2.16 bits per heavy atom. The third-order valence-corrected chi connectivity index (χ3v) is 4.88. The molecular formula is C21H24FN7O2. The van der Waals surface area contributed by atoms with E-state index in [1.807, 2.05) is 6.07 Å². The van der Waals surface area contributed by atoms with Crippen LogP contribution < -0.4 is 10.6 Å². The molecule has 0 aromatic carbocycles. The van der Waals surface area contributed by atoms with Gasteiger partial charge in [-0.15, -0.1) is 0 Å². The molecule has 10 heteroatoms. The highest BCUT2D eigenvalue weighted by atomic mass is 19.1. The van der Waals surface area contributed by atoms with Crippen molar-refractivity contribution in [1.82, 2.24) is 19.9 Å². The number of rotatable bonds is 11. The van der Waals surface area contributed by atoms with Gasteiger partial charge >= 0.3 is 0 Å². The summed E-state index contributed by atoms with van der Waals surface area (Å²) >= 11 is 0. The average molecular weight is 425 g/mol. The first kappa shape index (κ1) is 22.2. The number of nitrogens with one attached hydrogen (secondary N) is 2. The van der Waals surface area contributed by atoms with Gasteiger partial charge in [-0.3, -0.25) is 9.78 Å². The number of alkyl halides is 1. The number of aromatic nitrogens is 3. The SMILES string of the molecule is CN(CCF)C[C@H](CC=O)Nc1cc(-c2cnc(NC(=O)C3CC3)cn2)cnc1C#N. The van der Waals surface area contributed by atoms with Gasteiger partial charge in [-0.05, 0) is 26.0 Å². The van der Waals surface area contributed by atoms with E-state index >= 15 is 0 Å². The summed E-state index contributed by atoms with van der Waals surface area (Å²) in [5, 5.41) is 15.3. The van der Waals surface area contributed by atoms with Crippen molar-refractivity contribution < 1.29 is 14.0 Å². The van der Waals surface area contributed by atoms with Crippen LogP contribution in [-0.4, -0.2) is 64.9 Å². The van der Waals surface area contributed by atoms with Crippen molar-refractivity contribution >= 4 is 23.7 Å². The Labute approximate surface area is 179 Å². The lowest BCUT2D eigenvalue weighted by atomic mass is 10.1. The Kier molecular flexibility index (Phi) is 7.56. The monoisotopic (exact) mass is 425 g/mol. The number of hydrogen-bond donors (Lipinski definition) is 2. The van der Waals surface area contributed by atoms with Crippen LogP contribution in [0.1, 0.15) is 25.0 Å². The fourth-order valence-corrected chi connectivity index (χ4v) is 3.05. The van der Waals surface area contributed by atoms with Crippen molar-refractivity contribution in [3.8, 4) is 17.3 Å². The van der Waals surface area contributed by atoms with Crippen molar-refractivity contribution in [3.63, 3.8) is 0 Å². The van der Waals surface area contributed by atoms with Crippen LogP contribution in [0.5, 0.6) is 0 Å². The number of aldehydes is 1. The predicted molar refractivity (Wildman–Crippen MR) is 113 cm³/mol. The third kappa shape index (κ3) is 6.26. The van der Waals surface area contributed by atoms with Crippen molar-refractivity contribution in [1.29, 1.82) is 5.26 Å². The number of nitriles is 1. The van der Waals surface area contributed by atoms with E-state index in [0.29, 0.717) is 29.3 Å². The van der Waals surface area contributed by atoms with Gasteiger partial charge < -0.3 is 20.3 Å². The van der Waals surface area contributed by atoms with Gasteiger partial charge in [0, 0.05) is 43.2 Å². The predicted octanol–water partition coefficient (Wildman–Crippen LogP) is 2.03. The lowest BCUT2D eigenvalue weighted by Gasteiger charge is -2.24. The minimum atomic E-state index is -0.486. The van der Waals surface area contributed by atoms with Gasteiger partial charge in [0.05, 0.1) is 23.8 Å². The fraction of sp³-hybridized carbons (Fsp3) is 0.429. The van der Waals surface area contributed by atoms with Gasteiger partial charge in [0.25, 0.3) is 0 Å². The third-order valence-electron chi connectivity index (χ3n) is 4.88. The van der Waals surface area contributed by atoms with E-state index in [9.17, 15) is 19.2 Å². The molecule has 1 aliphatic carbocycles. The number of amides is 1. The summed E-state index contributed by atoms with van der Waals surface area (Å²) in [4.78, 5) is 37.4. The summed E-state index contributed by atoms with van der Waals surface area (Å²) in [7, 11) is 1.76. The number of likely N-dealkylation sites (N-methyl/N-ethyl adjacent to an activating group) is 1. The maximum absolute atomic E-state index is 12.6. The topological polar surface area (TPSA) is 124 Å². The molecule has 2 aromatic rings.